The van der Waals surface area contributed by atoms with E-state index in [0.29, 0.717) is 12.6 Å². The smallest absolute Gasteiger partial charge is 0.191 e. The van der Waals surface area contributed by atoms with Gasteiger partial charge in [-0.1, -0.05) is 31.2 Å². The van der Waals surface area contributed by atoms with Gasteiger partial charge >= 0.3 is 0 Å². The number of halogens is 1. The summed E-state index contributed by atoms with van der Waals surface area (Å²) in [4.78, 5) is 9.55. The lowest BCUT2D eigenvalue weighted by Gasteiger charge is -2.32. The number of hydrogen-bond donors (Lipinski definition) is 2. The number of hydrogen-bond acceptors (Lipinski definition) is 4. The number of benzene rings is 1. The second kappa shape index (κ2) is 14.1. The Kier molecular flexibility index (Phi) is 12.7. The van der Waals surface area contributed by atoms with Crippen LogP contribution in [0.15, 0.2) is 29.3 Å². The van der Waals surface area contributed by atoms with Crippen LogP contribution in [0, 0.1) is 0 Å². The van der Waals surface area contributed by atoms with Crippen molar-refractivity contribution in [3.05, 3.63) is 35.4 Å². The zero-order chi connectivity index (χ0) is 19.5. The van der Waals surface area contributed by atoms with Crippen LogP contribution in [0.2, 0.25) is 0 Å². The summed E-state index contributed by atoms with van der Waals surface area (Å²) in [5, 5.41) is 6.85. The molecule has 0 radical (unpaired) electrons. The summed E-state index contributed by atoms with van der Waals surface area (Å²) >= 11 is 0. The number of nitrogens with one attached hydrogen (secondary N) is 2. The topological polar surface area (TPSA) is 52.1 Å². The highest BCUT2D eigenvalue weighted by Crippen LogP contribution is 2.09. The zero-order valence-corrected chi connectivity index (χ0v) is 20.2. The fourth-order valence-corrected chi connectivity index (χ4v) is 3.15. The molecule has 0 saturated carbocycles. The van der Waals surface area contributed by atoms with Gasteiger partial charge in [0.2, 0.25) is 0 Å². The van der Waals surface area contributed by atoms with Gasteiger partial charge in [-0.3, -0.25) is 4.90 Å². The molecule has 0 bridgehead atoms. The predicted octanol–water partition coefficient (Wildman–Crippen LogP) is 2.53. The summed E-state index contributed by atoms with van der Waals surface area (Å²) in [6.07, 6.45) is 0. The van der Waals surface area contributed by atoms with Crippen molar-refractivity contribution in [1.29, 1.82) is 0 Å². The number of aliphatic imine (C=N–C) groups is 1. The van der Waals surface area contributed by atoms with Crippen molar-refractivity contribution < 1.29 is 4.74 Å². The summed E-state index contributed by atoms with van der Waals surface area (Å²) in [5.41, 5.74) is 2.58. The number of rotatable bonds is 9. The van der Waals surface area contributed by atoms with E-state index in [-0.39, 0.29) is 24.0 Å². The van der Waals surface area contributed by atoms with Crippen LogP contribution in [0.25, 0.3) is 0 Å². The fourth-order valence-electron chi connectivity index (χ4n) is 3.15. The van der Waals surface area contributed by atoms with Gasteiger partial charge in [0.25, 0.3) is 0 Å². The van der Waals surface area contributed by atoms with Gasteiger partial charge in [-0.15, -0.1) is 24.0 Å². The molecular weight excluding hydrogens is 465 g/mol. The lowest BCUT2D eigenvalue weighted by atomic mass is 10.1. The van der Waals surface area contributed by atoms with Crippen molar-refractivity contribution in [3.8, 4) is 0 Å². The van der Waals surface area contributed by atoms with E-state index in [9.17, 15) is 0 Å². The van der Waals surface area contributed by atoms with Crippen molar-refractivity contribution in [2.75, 3.05) is 53.0 Å². The van der Waals surface area contributed by atoms with Gasteiger partial charge in [-0.25, -0.2) is 4.99 Å². The van der Waals surface area contributed by atoms with Gasteiger partial charge in [-0.2, -0.15) is 0 Å². The highest BCUT2D eigenvalue weighted by molar-refractivity contribution is 14.0. The molecule has 1 aromatic carbocycles. The minimum Gasteiger partial charge on any atom is -0.379 e. The predicted molar refractivity (Wildman–Crippen MR) is 129 cm³/mol. The Bertz CT molecular complexity index is 578. The Morgan fingerprint density at radius 1 is 1.21 bits per heavy atom. The molecule has 1 atom stereocenters. The third kappa shape index (κ3) is 9.07. The van der Waals surface area contributed by atoms with E-state index in [1.807, 2.05) is 0 Å². The van der Waals surface area contributed by atoms with Gasteiger partial charge < -0.3 is 20.3 Å². The summed E-state index contributed by atoms with van der Waals surface area (Å²) < 4.78 is 5.44. The van der Waals surface area contributed by atoms with Crippen molar-refractivity contribution >= 4 is 29.9 Å². The molecule has 1 fully saturated rings. The Hall–Kier alpha value is -0.900. The van der Waals surface area contributed by atoms with Crippen LogP contribution in [0.1, 0.15) is 31.9 Å². The standard InChI is InChI=1S/C21H37N5O.HI/c1-5-22-21(23-15-18(3)26-10-12-27-13-11-26)24-16-19-8-7-9-20(14-19)17-25(4)6-2;/h7-9,14,18H,5-6,10-13,15-17H2,1-4H3,(H2,22,23,24);1H. The summed E-state index contributed by atoms with van der Waals surface area (Å²) in [6, 6.07) is 9.19. The molecule has 1 saturated heterocycles. The number of guanidine groups is 1. The van der Waals surface area contributed by atoms with Crippen molar-refractivity contribution in [2.24, 2.45) is 4.99 Å². The van der Waals surface area contributed by atoms with Crippen molar-refractivity contribution in [1.82, 2.24) is 20.4 Å². The van der Waals surface area contributed by atoms with Crippen LogP contribution in [0.5, 0.6) is 0 Å². The minimum absolute atomic E-state index is 0. The lowest BCUT2D eigenvalue weighted by Crippen LogP contribution is -2.49. The van der Waals surface area contributed by atoms with Crippen LogP contribution in [0.4, 0.5) is 0 Å². The van der Waals surface area contributed by atoms with E-state index in [1.165, 1.54) is 11.1 Å². The number of morpholine rings is 1. The maximum atomic E-state index is 5.44. The minimum atomic E-state index is 0. The molecule has 2 rings (SSSR count). The van der Waals surface area contributed by atoms with Gasteiger partial charge in [-0.05, 0) is 38.6 Å². The van der Waals surface area contributed by atoms with Gasteiger partial charge in [0.15, 0.2) is 5.96 Å². The SMILES string of the molecule is CCNC(=NCc1cccc(CN(C)CC)c1)NCC(C)N1CCOCC1.I. The molecule has 1 aliphatic heterocycles. The molecule has 160 valence electrons. The van der Waals surface area contributed by atoms with Gasteiger partial charge in [0.1, 0.15) is 0 Å². The molecule has 0 aromatic heterocycles. The van der Waals surface area contributed by atoms with Crippen molar-refractivity contribution in [2.45, 2.75) is 39.9 Å². The average Bonchev–Trinajstić information content (AvgIpc) is 2.70. The quantitative estimate of drug-likeness (QED) is 0.308. The maximum Gasteiger partial charge on any atom is 0.191 e. The monoisotopic (exact) mass is 503 g/mol. The molecule has 1 aliphatic rings. The molecule has 0 spiro atoms. The second-order valence-corrected chi connectivity index (χ2v) is 7.22. The van der Waals surface area contributed by atoms with E-state index in [1.54, 1.807) is 0 Å². The fraction of sp³-hybridized carbons (Fsp3) is 0.667. The highest BCUT2D eigenvalue weighted by Gasteiger charge is 2.16. The summed E-state index contributed by atoms with van der Waals surface area (Å²) in [5.74, 6) is 0.883. The number of nitrogens with zero attached hydrogens (tertiary/aromatic N) is 3. The molecule has 2 N–H and O–H groups in total. The van der Waals surface area contributed by atoms with E-state index >= 15 is 0 Å². The van der Waals surface area contributed by atoms with E-state index in [2.05, 4.69) is 72.5 Å². The third-order valence-corrected chi connectivity index (χ3v) is 4.98. The van der Waals surface area contributed by atoms with Crippen LogP contribution >= 0.6 is 24.0 Å². The van der Waals surface area contributed by atoms with Crippen LogP contribution in [0.3, 0.4) is 0 Å². The molecule has 0 amide bonds. The van der Waals surface area contributed by atoms with Crippen LogP contribution < -0.4 is 10.6 Å². The molecule has 6 nitrogen and oxygen atoms in total. The van der Waals surface area contributed by atoms with Crippen LogP contribution in [-0.2, 0) is 17.8 Å². The van der Waals surface area contributed by atoms with Crippen LogP contribution in [-0.4, -0.2) is 74.8 Å². The van der Waals surface area contributed by atoms with E-state index in [4.69, 9.17) is 9.73 Å². The first-order chi connectivity index (χ1) is 13.1. The first kappa shape index (κ1) is 25.1. The Morgan fingerprint density at radius 2 is 1.93 bits per heavy atom. The maximum absolute atomic E-state index is 5.44. The highest BCUT2D eigenvalue weighted by atomic mass is 127. The summed E-state index contributed by atoms with van der Waals surface area (Å²) in [7, 11) is 2.15. The molecule has 0 aliphatic carbocycles. The van der Waals surface area contributed by atoms with Crippen molar-refractivity contribution in [3.63, 3.8) is 0 Å². The first-order valence-corrected chi connectivity index (χ1v) is 10.2. The Labute approximate surface area is 188 Å². The number of ether oxygens (including phenoxy) is 1. The van der Waals surface area contributed by atoms with E-state index < -0.39 is 0 Å². The molecular formula is C21H38IN5O. The first-order valence-electron chi connectivity index (χ1n) is 10.2. The Morgan fingerprint density at radius 3 is 2.61 bits per heavy atom. The third-order valence-electron chi connectivity index (χ3n) is 4.98. The normalized spacial score (nSPS) is 16.5. The largest absolute Gasteiger partial charge is 0.379 e. The molecule has 1 heterocycles. The second-order valence-electron chi connectivity index (χ2n) is 7.22. The molecule has 1 aromatic rings. The molecule has 7 heteroatoms. The van der Waals surface area contributed by atoms with E-state index in [0.717, 1.165) is 58.4 Å². The van der Waals surface area contributed by atoms with Gasteiger partial charge in [0.05, 0.1) is 19.8 Å². The summed E-state index contributed by atoms with van der Waals surface area (Å²) in [6.45, 7) is 14.7. The average molecular weight is 503 g/mol. The molecule has 1 unspecified atom stereocenters. The Balaban J connectivity index is 0.00000392. The molecule has 28 heavy (non-hydrogen) atoms. The lowest BCUT2D eigenvalue weighted by molar-refractivity contribution is 0.0211. The van der Waals surface area contributed by atoms with Gasteiger partial charge in [0, 0.05) is 38.8 Å². The zero-order valence-electron chi connectivity index (χ0n) is 17.9.